The molecule has 2 aliphatic rings. The zero-order chi connectivity index (χ0) is 33.5. The second kappa shape index (κ2) is 13.0. The molecule has 0 radical (unpaired) electrons. The van der Waals surface area contributed by atoms with E-state index in [2.05, 4.69) is 26.8 Å². The Kier molecular flexibility index (Phi) is 9.03. The van der Waals surface area contributed by atoms with Gasteiger partial charge in [-0.15, -0.1) is 0 Å². The SMILES string of the molecule is CC#CC(=O)N1CCN(c2nc(OC[C@@H]3CCCN3CCF)nc3c(F)c(-c4ccc(F)c5sc(N)nc45)c(C(F)(F)F)cc23)CC1. The van der Waals surface area contributed by atoms with Crippen LogP contribution in [-0.2, 0) is 11.0 Å². The highest BCUT2D eigenvalue weighted by atomic mass is 32.1. The van der Waals surface area contributed by atoms with Crippen molar-refractivity contribution in [2.75, 3.05) is 63.2 Å². The standard InChI is InChI=1S/C31H29F6N7O2S/c1-2-4-22(45)43-11-13-44(14-12-43)28-19-15-20(31(35,36)37)23(18-6-7-21(33)27-26(18)39-29(38)47-27)24(34)25(19)40-30(41-28)46-16-17-5-3-9-42(17)10-8-32/h6-7,15,17H,3,5,8-14,16H2,1H3,(H2,38,39)/t17-/m0/s1. The highest BCUT2D eigenvalue weighted by Gasteiger charge is 2.39. The zero-order valence-electron chi connectivity index (χ0n) is 25.1. The van der Waals surface area contributed by atoms with Crippen molar-refractivity contribution in [1.29, 1.82) is 0 Å². The Hall–Kier alpha value is -4.36. The lowest BCUT2D eigenvalue weighted by atomic mass is 9.95. The number of hydrogen-bond acceptors (Lipinski definition) is 9. The third kappa shape index (κ3) is 6.33. The van der Waals surface area contributed by atoms with Crippen LogP contribution in [0.4, 0.5) is 37.3 Å². The summed E-state index contributed by atoms with van der Waals surface area (Å²) in [6, 6.07) is 2.32. The van der Waals surface area contributed by atoms with Crippen LogP contribution in [0.1, 0.15) is 25.3 Å². The van der Waals surface area contributed by atoms with E-state index in [0.29, 0.717) is 6.54 Å². The number of hydrogen-bond donors (Lipinski definition) is 1. The molecule has 2 aromatic carbocycles. The Morgan fingerprint density at radius 1 is 1.11 bits per heavy atom. The molecule has 16 heteroatoms. The van der Waals surface area contributed by atoms with Gasteiger partial charge in [0, 0.05) is 55.3 Å². The molecular formula is C31H29F6N7O2S. The number of aromatic nitrogens is 3. The molecule has 1 atom stereocenters. The average molecular weight is 678 g/mol. The molecule has 2 aromatic heterocycles. The summed E-state index contributed by atoms with van der Waals surface area (Å²) in [5, 5.41) is -0.326. The Morgan fingerprint density at radius 3 is 2.57 bits per heavy atom. The maximum absolute atomic E-state index is 16.7. The summed E-state index contributed by atoms with van der Waals surface area (Å²) >= 11 is 0.733. The van der Waals surface area contributed by atoms with E-state index in [0.717, 1.165) is 42.4 Å². The van der Waals surface area contributed by atoms with Crippen LogP contribution in [0.25, 0.3) is 32.2 Å². The molecule has 4 heterocycles. The molecule has 2 fully saturated rings. The number of anilines is 2. The third-order valence-electron chi connectivity index (χ3n) is 8.35. The van der Waals surface area contributed by atoms with E-state index in [1.165, 1.54) is 11.8 Å². The minimum Gasteiger partial charge on any atom is -0.462 e. The first kappa shape index (κ1) is 32.6. The van der Waals surface area contributed by atoms with E-state index in [9.17, 15) is 26.7 Å². The average Bonchev–Trinajstić information content (AvgIpc) is 3.66. The number of nitrogens with zero attached hydrogens (tertiary/aromatic N) is 6. The monoisotopic (exact) mass is 677 g/mol. The van der Waals surface area contributed by atoms with Gasteiger partial charge in [-0.05, 0) is 50.4 Å². The van der Waals surface area contributed by atoms with Crippen molar-refractivity contribution in [3.05, 3.63) is 35.4 Å². The quantitative estimate of drug-likeness (QED) is 0.209. The number of likely N-dealkylation sites (tertiary alicyclic amines) is 1. The van der Waals surface area contributed by atoms with Crippen molar-refractivity contribution < 1.29 is 35.9 Å². The summed E-state index contributed by atoms with van der Waals surface area (Å²) in [7, 11) is 0. The fourth-order valence-electron chi connectivity index (χ4n) is 6.14. The summed E-state index contributed by atoms with van der Waals surface area (Å²) < 4.78 is 94.4. The first-order valence-corrected chi connectivity index (χ1v) is 15.7. The van der Waals surface area contributed by atoms with E-state index >= 15 is 4.39 Å². The van der Waals surface area contributed by atoms with Crippen molar-refractivity contribution in [2.45, 2.75) is 32.0 Å². The number of amides is 1. The predicted octanol–water partition coefficient (Wildman–Crippen LogP) is 5.27. The molecule has 0 saturated carbocycles. The lowest BCUT2D eigenvalue weighted by Crippen LogP contribution is -2.48. The van der Waals surface area contributed by atoms with Gasteiger partial charge in [0.1, 0.15) is 30.4 Å². The van der Waals surface area contributed by atoms with Crippen LogP contribution in [0.5, 0.6) is 6.01 Å². The van der Waals surface area contributed by atoms with E-state index < -0.39 is 41.1 Å². The Labute approximate surface area is 269 Å². The maximum atomic E-state index is 16.7. The number of fused-ring (bicyclic) bond motifs is 2. The van der Waals surface area contributed by atoms with Crippen LogP contribution < -0.4 is 15.4 Å². The van der Waals surface area contributed by atoms with Crippen molar-refractivity contribution in [3.63, 3.8) is 0 Å². The minimum absolute atomic E-state index is 0.0104. The summed E-state index contributed by atoms with van der Waals surface area (Å²) in [6.45, 7) is 2.66. The van der Waals surface area contributed by atoms with Crippen molar-refractivity contribution >= 4 is 49.3 Å². The molecule has 0 bridgehead atoms. The number of nitrogens with two attached hydrogens (primary N) is 1. The first-order valence-electron chi connectivity index (χ1n) is 14.9. The summed E-state index contributed by atoms with van der Waals surface area (Å²) in [5.74, 6) is 2.54. The van der Waals surface area contributed by atoms with Gasteiger partial charge < -0.3 is 20.3 Å². The van der Waals surface area contributed by atoms with Crippen molar-refractivity contribution in [3.8, 4) is 29.0 Å². The van der Waals surface area contributed by atoms with Crippen molar-refractivity contribution in [1.82, 2.24) is 24.8 Å². The molecule has 9 nitrogen and oxygen atoms in total. The molecule has 2 N–H and O–H groups in total. The Bertz CT molecular complexity index is 1900. The third-order valence-corrected chi connectivity index (χ3v) is 9.24. The summed E-state index contributed by atoms with van der Waals surface area (Å²) in [6.07, 6.45) is -3.50. The van der Waals surface area contributed by atoms with Gasteiger partial charge in [0.2, 0.25) is 0 Å². The maximum Gasteiger partial charge on any atom is 0.417 e. The van der Waals surface area contributed by atoms with E-state index in [-0.39, 0.29) is 89.4 Å². The fourth-order valence-corrected chi connectivity index (χ4v) is 6.91. The van der Waals surface area contributed by atoms with Crippen LogP contribution in [0.2, 0.25) is 0 Å². The summed E-state index contributed by atoms with van der Waals surface area (Å²) in [4.78, 5) is 30.1. The number of rotatable bonds is 7. The number of nitrogen functional groups attached to an aromatic ring is 1. The smallest absolute Gasteiger partial charge is 0.417 e. The second-order valence-corrected chi connectivity index (χ2v) is 12.2. The number of benzene rings is 2. The van der Waals surface area contributed by atoms with Gasteiger partial charge in [0.15, 0.2) is 10.9 Å². The molecular weight excluding hydrogens is 648 g/mol. The second-order valence-electron chi connectivity index (χ2n) is 11.1. The van der Waals surface area contributed by atoms with Gasteiger partial charge in [-0.25, -0.2) is 18.2 Å². The molecule has 0 spiro atoms. The van der Waals surface area contributed by atoms with Gasteiger partial charge >= 0.3 is 12.2 Å². The van der Waals surface area contributed by atoms with Crippen LogP contribution in [0.3, 0.4) is 0 Å². The van der Waals surface area contributed by atoms with Gasteiger partial charge in [0.05, 0.1) is 15.8 Å². The van der Waals surface area contributed by atoms with E-state index in [1.54, 1.807) is 4.90 Å². The highest BCUT2D eigenvalue weighted by Crippen LogP contribution is 2.46. The van der Waals surface area contributed by atoms with E-state index in [4.69, 9.17) is 10.5 Å². The van der Waals surface area contributed by atoms with Gasteiger partial charge in [0.25, 0.3) is 5.91 Å². The number of alkyl halides is 4. The number of ether oxygens (including phenoxy) is 1. The van der Waals surface area contributed by atoms with Crippen LogP contribution in [0.15, 0.2) is 18.2 Å². The number of halogens is 6. The van der Waals surface area contributed by atoms with Crippen molar-refractivity contribution in [2.24, 2.45) is 0 Å². The minimum atomic E-state index is -5.05. The lowest BCUT2D eigenvalue weighted by molar-refractivity contribution is -0.137. The molecule has 4 aromatic rings. The predicted molar refractivity (Wildman–Crippen MR) is 166 cm³/mol. The Balaban J connectivity index is 1.50. The number of piperazine rings is 1. The molecule has 2 saturated heterocycles. The lowest BCUT2D eigenvalue weighted by Gasteiger charge is -2.35. The molecule has 2 aliphatic heterocycles. The molecule has 47 heavy (non-hydrogen) atoms. The zero-order valence-corrected chi connectivity index (χ0v) is 26.0. The highest BCUT2D eigenvalue weighted by molar-refractivity contribution is 7.22. The first-order chi connectivity index (χ1) is 22.5. The van der Waals surface area contributed by atoms with E-state index in [1.807, 2.05) is 4.90 Å². The molecule has 248 valence electrons. The number of carbonyl (C=O) groups is 1. The van der Waals surface area contributed by atoms with Crippen LogP contribution in [0, 0.1) is 23.5 Å². The number of thiazole rings is 1. The Morgan fingerprint density at radius 2 is 1.87 bits per heavy atom. The molecule has 0 aliphatic carbocycles. The fraction of sp³-hybridized carbons (Fsp3) is 0.419. The molecule has 0 unspecified atom stereocenters. The summed E-state index contributed by atoms with van der Waals surface area (Å²) in [5.41, 5.74) is 2.60. The van der Waals surface area contributed by atoms with Crippen LogP contribution >= 0.6 is 11.3 Å². The largest absolute Gasteiger partial charge is 0.462 e. The molecule has 1 amide bonds. The van der Waals surface area contributed by atoms with Gasteiger partial charge in [-0.1, -0.05) is 17.3 Å². The van der Waals surface area contributed by atoms with Gasteiger partial charge in [-0.3, -0.25) is 9.69 Å². The molecule has 6 rings (SSSR count). The van der Waals surface area contributed by atoms with Gasteiger partial charge in [-0.2, -0.15) is 23.1 Å². The number of carbonyl (C=O) groups excluding carboxylic acids is 1. The van der Waals surface area contributed by atoms with Crippen LogP contribution in [-0.4, -0.2) is 89.3 Å². The normalized spacial score (nSPS) is 17.4. The topological polar surface area (TPSA) is 101 Å².